The van der Waals surface area contributed by atoms with Crippen molar-refractivity contribution in [3.05, 3.63) is 24.3 Å². The van der Waals surface area contributed by atoms with E-state index in [1.54, 1.807) is 24.3 Å². The molecule has 0 saturated heterocycles. The van der Waals surface area contributed by atoms with Crippen LogP contribution in [0, 0.1) is 0 Å². The monoisotopic (exact) mass is 262 g/mol. The summed E-state index contributed by atoms with van der Waals surface area (Å²) in [6.45, 7) is 3.46. The summed E-state index contributed by atoms with van der Waals surface area (Å²) in [6.07, 6.45) is 1.98. The van der Waals surface area contributed by atoms with Crippen molar-refractivity contribution >= 4 is 23.7 Å². The SMILES string of the molecule is CCCC(/N=N/c1ccc(NC(C)=O)cc1)NC=O. The third-order valence-electron chi connectivity index (χ3n) is 2.32. The Hall–Kier alpha value is -2.24. The number of nitrogens with one attached hydrogen (secondary N) is 2. The minimum absolute atomic E-state index is 0.118. The van der Waals surface area contributed by atoms with Crippen molar-refractivity contribution in [2.45, 2.75) is 32.9 Å². The number of nitrogens with zero attached hydrogens (tertiary/aromatic N) is 2. The maximum atomic E-state index is 10.9. The summed E-state index contributed by atoms with van der Waals surface area (Å²) in [4.78, 5) is 21.3. The molecule has 1 aromatic carbocycles. The number of rotatable bonds is 7. The normalized spacial score (nSPS) is 12.1. The first-order valence-corrected chi connectivity index (χ1v) is 6.14. The van der Waals surface area contributed by atoms with Gasteiger partial charge in [-0.05, 0) is 30.7 Å². The second-order valence-electron chi connectivity index (χ2n) is 4.03. The smallest absolute Gasteiger partial charge is 0.221 e. The Labute approximate surface area is 112 Å². The van der Waals surface area contributed by atoms with Crippen LogP contribution in [0.2, 0.25) is 0 Å². The van der Waals surface area contributed by atoms with Crippen LogP contribution in [0.5, 0.6) is 0 Å². The van der Waals surface area contributed by atoms with E-state index < -0.39 is 0 Å². The van der Waals surface area contributed by atoms with Gasteiger partial charge in [0.25, 0.3) is 0 Å². The van der Waals surface area contributed by atoms with E-state index in [0.717, 1.165) is 12.8 Å². The Kier molecular flexibility index (Phi) is 6.21. The molecule has 1 atom stereocenters. The van der Waals surface area contributed by atoms with E-state index in [1.807, 2.05) is 6.92 Å². The molecule has 6 heteroatoms. The summed E-state index contributed by atoms with van der Waals surface area (Å²) in [5.74, 6) is -0.118. The van der Waals surface area contributed by atoms with E-state index in [0.29, 0.717) is 17.8 Å². The molecule has 0 radical (unpaired) electrons. The Balaban J connectivity index is 2.64. The predicted octanol–water partition coefficient (Wildman–Crippen LogP) is 2.60. The number of hydrogen-bond donors (Lipinski definition) is 2. The Morgan fingerprint density at radius 2 is 2.05 bits per heavy atom. The molecule has 0 aliphatic heterocycles. The van der Waals surface area contributed by atoms with Gasteiger partial charge in [0.1, 0.15) is 6.17 Å². The minimum atomic E-state index is -0.294. The fourth-order valence-electron chi connectivity index (χ4n) is 1.48. The van der Waals surface area contributed by atoms with Crippen LogP contribution in [-0.4, -0.2) is 18.5 Å². The first-order chi connectivity index (χ1) is 9.15. The highest BCUT2D eigenvalue weighted by atomic mass is 16.1. The fourth-order valence-corrected chi connectivity index (χ4v) is 1.48. The fraction of sp³-hybridized carbons (Fsp3) is 0.385. The van der Waals surface area contributed by atoms with Crippen LogP contribution >= 0.6 is 0 Å². The van der Waals surface area contributed by atoms with Gasteiger partial charge in [0.05, 0.1) is 5.69 Å². The summed E-state index contributed by atoms with van der Waals surface area (Å²) in [5, 5.41) is 13.4. The van der Waals surface area contributed by atoms with Crippen LogP contribution in [0.4, 0.5) is 11.4 Å². The number of hydrogen-bond acceptors (Lipinski definition) is 4. The molecular formula is C13H18N4O2. The van der Waals surface area contributed by atoms with E-state index in [1.165, 1.54) is 6.92 Å². The number of benzene rings is 1. The first kappa shape index (κ1) is 14.8. The zero-order valence-electron chi connectivity index (χ0n) is 11.1. The summed E-state index contributed by atoms with van der Waals surface area (Å²) < 4.78 is 0. The van der Waals surface area contributed by atoms with E-state index >= 15 is 0 Å². The van der Waals surface area contributed by atoms with Crippen LogP contribution in [-0.2, 0) is 9.59 Å². The molecule has 0 fully saturated rings. The topological polar surface area (TPSA) is 82.9 Å². The molecular weight excluding hydrogens is 244 g/mol. The highest BCUT2D eigenvalue weighted by Crippen LogP contribution is 2.17. The van der Waals surface area contributed by atoms with Crippen molar-refractivity contribution in [3.8, 4) is 0 Å². The van der Waals surface area contributed by atoms with Gasteiger partial charge < -0.3 is 10.6 Å². The van der Waals surface area contributed by atoms with Gasteiger partial charge in [-0.2, -0.15) is 10.2 Å². The maximum absolute atomic E-state index is 10.9. The Morgan fingerprint density at radius 1 is 1.37 bits per heavy atom. The standard InChI is InChI=1S/C13H18N4O2/c1-3-4-13(14-9-18)17-16-12-7-5-11(6-8-12)15-10(2)19/h5-9,13H,3-4H2,1-2H3,(H,14,18)(H,15,19)/b17-16+. The molecule has 1 rings (SSSR count). The number of carbonyl (C=O) groups excluding carboxylic acids is 2. The molecule has 0 aliphatic rings. The summed E-state index contributed by atoms with van der Waals surface area (Å²) in [6, 6.07) is 6.99. The Bertz CT molecular complexity index is 442. The van der Waals surface area contributed by atoms with Crippen LogP contribution in [0.1, 0.15) is 26.7 Å². The Morgan fingerprint density at radius 3 is 2.58 bits per heavy atom. The number of azo groups is 1. The third-order valence-corrected chi connectivity index (χ3v) is 2.32. The molecule has 0 aliphatic carbocycles. The van der Waals surface area contributed by atoms with Crippen molar-refractivity contribution in [3.63, 3.8) is 0 Å². The van der Waals surface area contributed by atoms with Crippen molar-refractivity contribution in [1.82, 2.24) is 5.32 Å². The van der Waals surface area contributed by atoms with Crippen LogP contribution < -0.4 is 10.6 Å². The molecule has 0 saturated carbocycles. The van der Waals surface area contributed by atoms with Gasteiger partial charge in [0.2, 0.25) is 12.3 Å². The minimum Gasteiger partial charge on any atom is -0.335 e. The molecule has 102 valence electrons. The number of amides is 2. The lowest BCUT2D eigenvalue weighted by Gasteiger charge is -2.07. The summed E-state index contributed by atoms with van der Waals surface area (Å²) >= 11 is 0. The predicted molar refractivity (Wildman–Crippen MR) is 73.2 cm³/mol. The third kappa shape index (κ3) is 5.76. The van der Waals surface area contributed by atoms with Crippen molar-refractivity contribution in [1.29, 1.82) is 0 Å². The first-order valence-electron chi connectivity index (χ1n) is 6.14. The molecule has 0 bridgehead atoms. The zero-order valence-corrected chi connectivity index (χ0v) is 11.1. The van der Waals surface area contributed by atoms with Crippen molar-refractivity contribution in [2.75, 3.05) is 5.32 Å². The van der Waals surface area contributed by atoms with Crippen LogP contribution in [0.15, 0.2) is 34.5 Å². The van der Waals surface area contributed by atoms with Crippen LogP contribution in [0.25, 0.3) is 0 Å². The molecule has 1 aromatic rings. The van der Waals surface area contributed by atoms with Gasteiger partial charge in [-0.25, -0.2) is 0 Å². The highest BCUT2D eigenvalue weighted by molar-refractivity contribution is 5.88. The molecule has 19 heavy (non-hydrogen) atoms. The summed E-state index contributed by atoms with van der Waals surface area (Å²) in [7, 11) is 0. The van der Waals surface area contributed by atoms with Gasteiger partial charge in [0.15, 0.2) is 0 Å². The van der Waals surface area contributed by atoms with Gasteiger partial charge in [0, 0.05) is 12.6 Å². The average molecular weight is 262 g/mol. The largest absolute Gasteiger partial charge is 0.335 e. The number of anilines is 1. The lowest BCUT2D eigenvalue weighted by atomic mass is 10.3. The second-order valence-corrected chi connectivity index (χ2v) is 4.03. The van der Waals surface area contributed by atoms with Crippen LogP contribution in [0.3, 0.4) is 0 Å². The van der Waals surface area contributed by atoms with E-state index in [2.05, 4.69) is 20.9 Å². The molecule has 0 heterocycles. The van der Waals surface area contributed by atoms with E-state index in [-0.39, 0.29) is 12.1 Å². The van der Waals surface area contributed by atoms with Gasteiger partial charge in [-0.3, -0.25) is 9.59 Å². The van der Waals surface area contributed by atoms with E-state index in [9.17, 15) is 9.59 Å². The molecule has 0 spiro atoms. The quantitative estimate of drug-likeness (QED) is 0.584. The highest BCUT2D eigenvalue weighted by Gasteiger charge is 2.02. The molecule has 1 unspecified atom stereocenters. The summed E-state index contributed by atoms with van der Waals surface area (Å²) in [5.41, 5.74) is 1.38. The molecule has 6 nitrogen and oxygen atoms in total. The average Bonchev–Trinajstić information content (AvgIpc) is 2.37. The lowest BCUT2D eigenvalue weighted by molar-refractivity contribution is -0.114. The second kappa shape index (κ2) is 7.97. The van der Waals surface area contributed by atoms with Gasteiger partial charge in [-0.15, -0.1) is 0 Å². The molecule has 2 N–H and O–H groups in total. The molecule has 0 aromatic heterocycles. The molecule has 2 amide bonds. The zero-order chi connectivity index (χ0) is 14.1. The van der Waals surface area contributed by atoms with Gasteiger partial charge in [-0.1, -0.05) is 13.3 Å². The van der Waals surface area contributed by atoms with Crippen molar-refractivity contribution < 1.29 is 9.59 Å². The van der Waals surface area contributed by atoms with E-state index in [4.69, 9.17) is 0 Å². The van der Waals surface area contributed by atoms with Gasteiger partial charge >= 0.3 is 0 Å². The lowest BCUT2D eigenvalue weighted by Crippen LogP contribution is -2.24. The van der Waals surface area contributed by atoms with Crippen molar-refractivity contribution in [2.24, 2.45) is 10.2 Å². The maximum Gasteiger partial charge on any atom is 0.221 e. The number of carbonyl (C=O) groups is 2.